The molecule has 1 amide bonds. The molecule has 30 heavy (non-hydrogen) atoms. The van der Waals surface area contributed by atoms with Crippen molar-refractivity contribution in [2.45, 2.75) is 0 Å². The van der Waals surface area contributed by atoms with Crippen LogP contribution in [0.3, 0.4) is 0 Å². The number of carbonyl (C=O) groups is 1. The van der Waals surface area contributed by atoms with E-state index in [9.17, 15) is 4.79 Å². The van der Waals surface area contributed by atoms with E-state index in [1.54, 1.807) is 17.4 Å². The van der Waals surface area contributed by atoms with Gasteiger partial charge in [-0.15, -0.1) is 0 Å². The van der Waals surface area contributed by atoms with Crippen LogP contribution in [0.4, 0.5) is 5.82 Å². The van der Waals surface area contributed by atoms with E-state index in [-0.39, 0.29) is 5.91 Å². The molecule has 1 aliphatic heterocycles. The molecule has 0 saturated carbocycles. The van der Waals surface area contributed by atoms with Gasteiger partial charge in [0.15, 0.2) is 0 Å². The Bertz CT molecular complexity index is 1280. The predicted molar refractivity (Wildman–Crippen MR) is 119 cm³/mol. The number of aromatic amines is 1. The van der Waals surface area contributed by atoms with Crippen LogP contribution in [0.15, 0.2) is 55.5 Å². The van der Waals surface area contributed by atoms with Crippen LogP contribution in [0.5, 0.6) is 0 Å². The van der Waals surface area contributed by atoms with E-state index in [2.05, 4.69) is 31.6 Å². The third-order valence-corrected chi connectivity index (χ3v) is 5.83. The molecular weight excluding hydrogens is 400 g/mol. The molecule has 0 atom stereocenters. The van der Waals surface area contributed by atoms with Crippen molar-refractivity contribution in [1.82, 2.24) is 25.1 Å². The van der Waals surface area contributed by atoms with Gasteiger partial charge in [0.25, 0.3) is 0 Å². The van der Waals surface area contributed by atoms with Gasteiger partial charge in [0.2, 0.25) is 5.91 Å². The molecular formula is C22H19ClN6O. The average Bonchev–Trinajstić information content (AvgIpc) is 3.26. The molecule has 0 aliphatic carbocycles. The number of amides is 1. The van der Waals surface area contributed by atoms with Crippen LogP contribution in [-0.4, -0.2) is 57.2 Å². The number of rotatable bonds is 3. The molecule has 4 aromatic rings. The van der Waals surface area contributed by atoms with Gasteiger partial charge in [-0.25, -0.2) is 9.97 Å². The fourth-order valence-electron chi connectivity index (χ4n) is 3.91. The lowest BCUT2D eigenvalue weighted by atomic mass is 10.0. The van der Waals surface area contributed by atoms with E-state index < -0.39 is 0 Å². The first-order chi connectivity index (χ1) is 14.6. The molecule has 2 aromatic carbocycles. The topological polar surface area (TPSA) is 78.0 Å². The van der Waals surface area contributed by atoms with Crippen molar-refractivity contribution in [3.8, 4) is 11.1 Å². The SMILES string of the molecule is C=CC(=O)N1CCN(c2ncnc3cc(-c4ccc5cn[nH]c5c4)c(Cl)cc23)CC1. The highest BCUT2D eigenvalue weighted by atomic mass is 35.5. The number of nitrogens with one attached hydrogen (secondary N) is 1. The highest BCUT2D eigenvalue weighted by molar-refractivity contribution is 6.34. The zero-order chi connectivity index (χ0) is 20.7. The molecule has 0 bridgehead atoms. The van der Waals surface area contributed by atoms with Gasteiger partial charge in [-0.2, -0.15) is 5.10 Å². The summed E-state index contributed by atoms with van der Waals surface area (Å²) < 4.78 is 0. The molecule has 1 aliphatic rings. The number of aromatic nitrogens is 4. The van der Waals surface area contributed by atoms with Crippen molar-refractivity contribution in [3.05, 3.63) is 60.5 Å². The lowest BCUT2D eigenvalue weighted by Crippen LogP contribution is -2.48. The lowest BCUT2D eigenvalue weighted by Gasteiger charge is -2.35. The highest BCUT2D eigenvalue weighted by Gasteiger charge is 2.22. The normalized spacial score (nSPS) is 14.4. The maximum absolute atomic E-state index is 11.8. The van der Waals surface area contributed by atoms with Crippen LogP contribution in [0.25, 0.3) is 32.9 Å². The number of piperazine rings is 1. The lowest BCUT2D eigenvalue weighted by molar-refractivity contribution is -0.126. The van der Waals surface area contributed by atoms with Crippen molar-refractivity contribution >= 4 is 45.1 Å². The van der Waals surface area contributed by atoms with Gasteiger partial charge < -0.3 is 9.80 Å². The number of benzene rings is 2. The Morgan fingerprint density at radius 2 is 1.97 bits per heavy atom. The van der Waals surface area contributed by atoms with Crippen LogP contribution in [0.1, 0.15) is 0 Å². The molecule has 5 rings (SSSR count). The summed E-state index contributed by atoms with van der Waals surface area (Å²) in [5.74, 6) is 0.798. The quantitative estimate of drug-likeness (QED) is 0.514. The van der Waals surface area contributed by atoms with E-state index in [0.717, 1.165) is 38.8 Å². The van der Waals surface area contributed by atoms with Crippen molar-refractivity contribution in [2.24, 2.45) is 0 Å². The number of H-pyrrole nitrogens is 1. The Morgan fingerprint density at radius 3 is 2.77 bits per heavy atom. The third-order valence-electron chi connectivity index (χ3n) is 5.52. The Balaban J connectivity index is 1.51. The number of hydrogen-bond donors (Lipinski definition) is 1. The first-order valence-electron chi connectivity index (χ1n) is 9.68. The second kappa shape index (κ2) is 7.42. The van der Waals surface area contributed by atoms with Gasteiger partial charge in [-0.3, -0.25) is 9.89 Å². The summed E-state index contributed by atoms with van der Waals surface area (Å²) in [6.07, 6.45) is 4.73. The first kappa shape index (κ1) is 18.6. The predicted octanol–water partition coefficient (Wildman–Crippen LogP) is 3.66. The summed E-state index contributed by atoms with van der Waals surface area (Å²) in [5, 5.41) is 9.66. The zero-order valence-corrected chi connectivity index (χ0v) is 16.9. The van der Waals surface area contributed by atoms with Crippen LogP contribution in [-0.2, 0) is 4.79 Å². The van der Waals surface area contributed by atoms with E-state index in [0.29, 0.717) is 31.2 Å². The Morgan fingerprint density at radius 1 is 1.13 bits per heavy atom. The van der Waals surface area contributed by atoms with Gasteiger partial charge in [0, 0.05) is 47.5 Å². The molecule has 8 heteroatoms. The maximum Gasteiger partial charge on any atom is 0.246 e. The van der Waals surface area contributed by atoms with Gasteiger partial charge in [-0.1, -0.05) is 30.3 Å². The summed E-state index contributed by atoms with van der Waals surface area (Å²) >= 11 is 6.69. The molecule has 0 unspecified atom stereocenters. The van der Waals surface area contributed by atoms with E-state index in [4.69, 9.17) is 11.6 Å². The minimum absolute atomic E-state index is 0.0379. The monoisotopic (exact) mass is 418 g/mol. The Labute approximate surface area is 178 Å². The number of nitrogens with zero attached hydrogens (tertiary/aromatic N) is 5. The fourth-order valence-corrected chi connectivity index (χ4v) is 4.18. The Kier molecular flexibility index (Phi) is 4.59. The molecule has 3 heterocycles. The smallest absolute Gasteiger partial charge is 0.246 e. The molecule has 1 N–H and O–H groups in total. The molecule has 2 aromatic heterocycles. The second-order valence-corrected chi connectivity index (χ2v) is 7.64. The van der Waals surface area contributed by atoms with Gasteiger partial charge >= 0.3 is 0 Å². The summed E-state index contributed by atoms with van der Waals surface area (Å²) in [6, 6.07) is 10.0. The first-order valence-corrected chi connectivity index (χ1v) is 10.1. The summed E-state index contributed by atoms with van der Waals surface area (Å²) in [4.78, 5) is 24.8. The highest BCUT2D eigenvalue weighted by Crippen LogP contribution is 2.35. The molecule has 1 fully saturated rings. The average molecular weight is 419 g/mol. The second-order valence-electron chi connectivity index (χ2n) is 7.23. The number of halogens is 1. The summed E-state index contributed by atoms with van der Waals surface area (Å²) in [7, 11) is 0. The molecule has 1 saturated heterocycles. The number of carbonyl (C=O) groups excluding carboxylic acids is 1. The summed E-state index contributed by atoms with van der Waals surface area (Å²) in [5.41, 5.74) is 3.69. The zero-order valence-electron chi connectivity index (χ0n) is 16.2. The van der Waals surface area contributed by atoms with Gasteiger partial charge in [0.05, 0.1) is 17.2 Å². The minimum atomic E-state index is -0.0379. The van der Waals surface area contributed by atoms with Crippen molar-refractivity contribution in [1.29, 1.82) is 0 Å². The number of anilines is 1. The summed E-state index contributed by atoms with van der Waals surface area (Å²) in [6.45, 7) is 6.22. The largest absolute Gasteiger partial charge is 0.352 e. The van der Waals surface area contributed by atoms with Crippen molar-refractivity contribution < 1.29 is 4.79 Å². The third kappa shape index (κ3) is 3.17. The van der Waals surface area contributed by atoms with E-state index in [1.807, 2.05) is 30.3 Å². The van der Waals surface area contributed by atoms with Crippen molar-refractivity contribution in [3.63, 3.8) is 0 Å². The minimum Gasteiger partial charge on any atom is -0.352 e. The fraction of sp³-hybridized carbons (Fsp3) is 0.182. The van der Waals surface area contributed by atoms with Crippen LogP contribution >= 0.6 is 11.6 Å². The number of fused-ring (bicyclic) bond motifs is 2. The Hall–Kier alpha value is -3.45. The maximum atomic E-state index is 11.8. The standard InChI is InChI=1S/C22H19ClN6O/c1-2-21(30)28-5-7-29(8-6-28)22-17-10-18(23)16(11-20(17)24-13-25-22)14-3-4-15-12-26-27-19(15)9-14/h2-4,9-13H,1,5-8H2,(H,26,27). The van der Waals surface area contributed by atoms with Crippen LogP contribution in [0.2, 0.25) is 5.02 Å². The molecule has 150 valence electrons. The van der Waals surface area contributed by atoms with Crippen LogP contribution in [0, 0.1) is 0 Å². The van der Waals surface area contributed by atoms with Crippen molar-refractivity contribution in [2.75, 3.05) is 31.1 Å². The van der Waals surface area contributed by atoms with E-state index >= 15 is 0 Å². The van der Waals surface area contributed by atoms with E-state index in [1.165, 1.54) is 6.08 Å². The van der Waals surface area contributed by atoms with Gasteiger partial charge in [-0.05, 0) is 29.8 Å². The number of hydrogen-bond acceptors (Lipinski definition) is 5. The van der Waals surface area contributed by atoms with Crippen LogP contribution < -0.4 is 4.90 Å². The molecule has 0 spiro atoms. The molecule has 0 radical (unpaired) electrons. The molecule has 7 nitrogen and oxygen atoms in total. The van der Waals surface area contributed by atoms with Gasteiger partial charge in [0.1, 0.15) is 12.1 Å².